The van der Waals surface area contributed by atoms with Crippen LogP contribution in [0.5, 0.6) is 0 Å². The number of hydrogen-bond acceptors (Lipinski definition) is 5. The second-order valence-electron chi connectivity index (χ2n) is 6.10. The maximum absolute atomic E-state index is 13.1. The van der Waals surface area contributed by atoms with Crippen molar-refractivity contribution in [3.05, 3.63) is 36.9 Å². The largest absolute Gasteiger partial charge is 0.325 e. The van der Waals surface area contributed by atoms with Gasteiger partial charge >= 0.3 is 0 Å². The summed E-state index contributed by atoms with van der Waals surface area (Å²) in [7, 11) is 0. The maximum atomic E-state index is 13.1. The molecule has 1 aliphatic heterocycles. The van der Waals surface area contributed by atoms with E-state index in [1.54, 1.807) is 31.2 Å². The van der Waals surface area contributed by atoms with Gasteiger partial charge in [0.2, 0.25) is 11.8 Å². The van der Waals surface area contributed by atoms with Crippen LogP contribution >= 0.6 is 24.8 Å². The number of alkyl halides is 2. The van der Waals surface area contributed by atoms with E-state index >= 15 is 0 Å². The minimum atomic E-state index is -2.86. The molecule has 0 spiro atoms. The molecule has 1 aliphatic rings. The van der Waals surface area contributed by atoms with E-state index in [-0.39, 0.29) is 30.7 Å². The van der Waals surface area contributed by atoms with E-state index in [4.69, 9.17) is 0 Å². The van der Waals surface area contributed by atoms with Gasteiger partial charge in [-0.05, 0) is 31.2 Å². The van der Waals surface area contributed by atoms with Gasteiger partial charge in [-0.2, -0.15) is 5.10 Å². The van der Waals surface area contributed by atoms with Crippen LogP contribution in [-0.4, -0.2) is 45.1 Å². The van der Waals surface area contributed by atoms with Crippen molar-refractivity contribution in [1.29, 1.82) is 0 Å². The second-order valence-corrected chi connectivity index (χ2v) is 6.10. The Morgan fingerprint density at radius 2 is 1.82 bits per heavy atom. The number of rotatable bonds is 5. The van der Waals surface area contributed by atoms with Crippen molar-refractivity contribution in [2.75, 3.05) is 17.2 Å². The van der Waals surface area contributed by atoms with E-state index in [0.717, 1.165) is 0 Å². The molecule has 1 aromatic carbocycles. The average Bonchev–Trinajstić information content (AvgIpc) is 3.25. The third-order valence-electron chi connectivity index (χ3n) is 4.06. The lowest BCUT2D eigenvalue weighted by Gasteiger charge is -2.13. The first kappa shape index (κ1) is 23.7. The first-order chi connectivity index (χ1) is 12.3. The van der Waals surface area contributed by atoms with Gasteiger partial charge in [0.05, 0.1) is 12.6 Å². The highest BCUT2D eigenvalue weighted by Gasteiger charge is 2.42. The summed E-state index contributed by atoms with van der Waals surface area (Å²) in [4.78, 5) is 27.9. The molecule has 2 aromatic rings. The van der Waals surface area contributed by atoms with Crippen molar-refractivity contribution in [3.63, 3.8) is 0 Å². The number of anilines is 2. The van der Waals surface area contributed by atoms with Crippen LogP contribution in [0, 0.1) is 0 Å². The summed E-state index contributed by atoms with van der Waals surface area (Å²) in [5.41, 5.74) is 0.986. The molecule has 2 amide bonds. The summed E-state index contributed by atoms with van der Waals surface area (Å²) in [5.74, 6) is -3.65. The molecule has 12 heteroatoms. The molecule has 1 aromatic heterocycles. The zero-order valence-electron chi connectivity index (χ0n) is 14.8. The van der Waals surface area contributed by atoms with Gasteiger partial charge in [-0.3, -0.25) is 14.9 Å². The third kappa shape index (κ3) is 5.85. The highest BCUT2D eigenvalue weighted by molar-refractivity contribution is 5.96. The molecule has 2 heterocycles. The van der Waals surface area contributed by atoms with Crippen molar-refractivity contribution in [2.45, 2.75) is 31.4 Å². The molecule has 1 saturated heterocycles. The normalized spacial score (nSPS) is 18.3. The fraction of sp³-hybridized carbons (Fsp3) is 0.375. The fourth-order valence-corrected chi connectivity index (χ4v) is 2.55. The highest BCUT2D eigenvalue weighted by atomic mass is 35.5. The number of nitrogens with one attached hydrogen (secondary N) is 3. The Balaban J connectivity index is 0.00000196. The molecule has 28 heavy (non-hydrogen) atoms. The summed E-state index contributed by atoms with van der Waals surface area (Å²) >= 11 is 0. The van der Waals surface area contributed by atoms with Gasteiger partial charge in [0.15, 0.2) is 0 Å². The Hall–Kier alpha value is -2.30. The number of carbonyl (C=O) groups excluding carboxylic acids is 2. The highest BCUT2D eigenvalue weighted by Crippen LogP contribution is 2.26. The number of halogens is 4. The maximum Gasteiger partial charge on any atom is 0.262 e. The Bertz CT molecular complexity index is 789. The van der Waals surface area contributed by atoms with Crippen molar-refractivity contribution >= 4 is 48.0 Å². The van der Waals surface area contributed by atoms with Gasteiger partial charge in [0.1, 0.15) is 18.7 Å². The lowest BCUT2D eigenvalue weighted by atomic mass is 10.1. The molecular weight excluding hydrogens is 417 g/mol. The minimum Gasteiger partial charge on any atom is -0.325 e. The Morgan fingerprint density at radius 3 is 2.32 bits per heavy atom. The van der Waals surface area contributed by atoms with E-state index in [2.05, 4.69) is 26.0 Å². The van der Waals surface area contributed by atoms with Crippen LogP contribution < -0.4 is 16.0 Å². The van der Waals surface area contributed by atoms with Gasteiger partial charge in [0.25, 0.3) is 5.92 Å². The molecule has 1 fully saturated rings. The monoisotopic (exact) mass is 436 g/mol. The number of aromatic nitrogens is 3. The summed E-state index contributed by atoms with van der Waals surface area (Å²) in [5, 5.41) is 11.7. The fourth-order valence-electron chi connectivity index (χ4n) is 2.55. The van der Waals surface area contributed by atoms with Crippen LogP contribution in [0.2, 0.25) is 0 Å². The molecule has 0 bridgehead atoms. The molecule has 2 unspecified atom stereocenters. The predicted octanol–water partition coefficient (Wildman–Crippen LogP) is 2.26. The van der Waals surface area contributed by atoms with Gasteiger partial charge in [-0.1, -0.05) is 0 Å². The number of amides is 2. The van der Waals surface area contributed by atoms with Crippen molar-refractivity contribution in [3.8, 4) is 0 Å². The molecule has 0 saturated carbocycles. The standard InChI is InChI=1S/C16H18F2N6O2.2ClH/c1-10(24-9-19-8-21-24)14(25)22-11-2-4-12(5-3-11)23-15(26)13-6-16(17,18)7-20-13;;/h2-5,8-10,13,20H,6-7H2,1H3,(H,22,25)(H,23,26);2*1H. The van der Waals surface area contributed by atoms with Crippen LogP contribution in [0.15, 0.2) is 36.9 Å². The van der Waals surface area contributed by atoms with E-state index in [0.29, 0.717) is 11.4 Å². The lowest BCUT2D eigenvalue weighted by molar-refractivity contribution is -0.119. The van der Waals surface area contributed by atoms with E-state index in [9.17, 15) is 18.4 Å². The minimum absolute atomic E-state index is 0. The van der Waals surface area contributed by atoms with Gasteiger partial charge in [-0.25, -0.2) is 18.4 Å². The third-order valence-corrected chi connectivity index (χ3v) is 4.06. The summed E-state index contributed by atoms with van der Waals surface area (Å²) in [6.07, 6.45) is 2.27. The molecule has 8 nitrogen and oxygen atoms in total. The first-order valence-electron chi connectivity index (χ1n) is 8.01. The molecule has 2 atom stereocenters. The SMILES string of the molecule is CC(C(=O)Nc1ccc(NC(=O)C2CC(F)(F)CN2)cc1)n1cncn1.Cl.Cl. The summed E-state index contributed by atoms with van der Waals surface area (Å²) < 4.78 is 27.7. The summed E-state index contributed by atoms with van der Waals surface area (Å²) in [6.45, 7) is 1.18. The number of hydrogen-bond donors (Lipinski definition) is 3. The molecule has 154 valence electrons. The summed E-state index contributed by atoms with van der Waals surface area (Å²) in [6, 6.07) is 4.93. The average molecular weight is 437 g/mol. The lowest BCUT2D eigenvalue weighted by Crippen LogP contribution is -2.35. The van der Waals surface area contributed by atoms with Crippen LogP contribution in [0.1, 0.15) is 19.4 Å². The topological polar surface area (TPSA) is 101 Å². The Morgan fingerprint density at radius 1 is 1.21 bits per heavy atom. The van der Waals surface area contributed by atoms with Crippen molar-refractivity contribution in [2.24, 2.45) is 0 Å². The van der Waals surface area contributed by atoms with Gasteiger partial charge < -0.3 is 10.6 Å². The quantitative estimate of drug-likeness (QED) is 0.667. The molecule has 3 N–H and O–H groups in total. The van der Waals surface area contributed by atoms with Crippen molar-refractivity contribution in [1.82, 2.24) is 20.1 Å². The van der Waals surface area contributed by atoms with Crippen LogP contribution in [0.4, 0.5) is 20.2 Å². The van der Waals surface area contributed by atoms with Crippen LogP contribution in [0.25, 0.3) is 0 Å². The number of nitrogens with zero attached hydrogens (tertiary/aromatic N) is 3. The number of benzene rings is 1. The van der Waals surface area contributed by atoms with Crippen LogP contribution in [-0.2, 0) is 9.59 Å². The molecule has 0 aliphatic carbocycles. The predicted molar refractivity (Wildman–Crippen MR) is 104 cm³/mol. The Kier molecular flexibility index (Phi) is 8.28. The Labute approximate surface area is 172 Å². The van der Waals surface area contributed by atoms with E-state index in [1.165, 1.54) is 17.3 Å². The first-order valence-corrected chi connectivity index (χ1v) is 8.01. The molecule has 0 radical (unpaired) electrons. The van der Waals surface area contributed by atoms with Crippen molar-refractivity contribution < 1.29 is 18.4 Å². The molecule has 3 rings (SSSR count). The zero-order valence-corrected chi connectivity index (χ0v) is 16.4. The zero-order chi connectivity index (χ0) is 18.7. The smallest absolute Gasteiger partial charge is 0.262 e. The van der Waals surface area contributed by atoms with Gasteiger partial charge in [-0.15, -0.1) is 24.8 Å². The molecular formula is C16H20Cl2F2N6O2. The number of carbonyl (C=O) groups is 2. The van der Waals surface area contributed by atoms with Gasteiger partial charge in [0, 0.05) is 17.8 Å². The van der Waals surface area contributed by atoms with E-state index < -0.39 is 36.9 Å². The van der Waals surface area contributed by atoms with E-state index in [1.807, 2.05) is 0 Å². The van der Waals surface area contributed by atoms with Crippen LogP contribution in [0.3, 0.4) is 0 Å². The second kappa shape index (κ2) is 9.76.